The third-order valence-electron chi connectivity index (χ3n) is 5.45. The Labute approximate surface area is 140 Å². The van der Waals surface area contributed by atoms with Crippen molar-refractivity contribution in [1.29, 1.82) is 0 Å². The van der Waals surface area contributed by atoms with Crippen molar-refractivity contribution in [2.75, 3.05) is 25.0 Å². The topological polar surface area (TPSA) is 75.4 Å². The second kappa shape index (κ2) is 5.89. The van der Waals surface area contributed by atoms with Crippen LogP contribution in [0.15, 0.2) is 29.4 Å². The van der Waals surface area contributed by atoms with E-state index < -0.39 is 0 Å². The molecule has 0 radical (unpaired) electrons. The van der Waals surface area contributed by atoms with Crippen molar-refractivity contribution in [3.05, 3.63) is 36.4 Å². The second-order valence-corrected chi connectivity index (χ2v) is 6.72. The Bertz CT molecular complexity index is 732. The Hall–Kier alpha value is -2.44. The summed E-state index contributed by atoms with van der Waals surface area (Å²) in [5.74, 6) is 2.22. The monoisotopic (exact) mass is 327 g/mol. The van der Waals surface area contributed by atoms with Gasteiger partial charge in [0.25, 0.3) is 5.91 Å². The van der Waals surface area contributed by atoms with E-state index in [1.165, 1.54) is 6.39 Å². The minimum atomic E-state index is -0.0414. The first-order valence-electron chi connectivity index (χ1n) is 8.33. The van der Waals surface area contributed by atoms with Gasteiger partial charge in [-0.05, 0) is 25.7 Å². The zero-order valence-electron chi connectivity index (χ0n) is 13.9. The molecule has 1 aliphatic carbocycles. The number of nitrogens with zero attached hydrogens (tertiary/aromatic N) is 5. The van der Waals surface area contributed by atoms with Gasteiger partial charge in [-0.25, -0.2) is 9.97 Å². The molecular formula is C17H21N5O2. The summed E-state index contributed by atoms with van der Waals surface area (Å²) in [6.07, 6.45) is 8.80. The highest BCUT2D eigenvalue weighted by Gasteiger charge is 2.46. The van der Waals surface area contributed by atoms with E-state index in [9.17, 15) is 4.79 Å². The molecule has 0 N–H and O–H groups in total. The highest BCUT2D eigenvalue weighted by molar-refractivity contribution is 5.92. The van der Waals surface area contributed by atoms with Crippen LogP contribution >= 0.6 is 0 Å². The highest BCUT2D eigenvalue weighted by atomic mass is 16.3. The SMILES string of the molecule is Cc1ncoc1C(=O)N1C[C@H]2CC[C@H](N(C)c3cnccn3)[C@H]2C1. The number of fused-ring (bicyclic) bond motifs is 1. The van der Waals surface area contributed by atoms with Crippen LogP contribution in [0.5, 0.6) is 0 Å². The van der Waals surface area contributed by atoms with Crippen molar-refractivity contribution in [3.8, 4) is 0 Å². The minimum absolute atomic E-state index is 0.0414. The summed E-state index contributed by atoms with van der Waals surface area (Å²) in [7, 11) is 2.07. The maximum absolute atomic E-state index is 12.7. The lowest BCUT2D eigenvalue weighted by molar-refractivity contribution is 0.0746. The van der Waals surface area contributed by atoms with Crippen LogP contribution in [0.3, 0.4) is 0 Å². The second-order valence-electron chi connectivity index (χ2n) is 6.72. The number of aryl methyl sites for hydroxylation is 1. The van der Waals surface area contributed by atoms with E-state index in [-0.39, 0.29) is 5.91 Å². The first-order chi connectivity index (χ1) is 11.6. The molecule has 1 aliphatic heterocycles. The van der Waals surface area contributed by atoms with E-state index in [4.69, 9.17) is 4.42 Å². The standard InChI is InChI=1S/C17H21N5O2/c1-11-16(24-10-20-11)17(23)22-8-12-3-4-14(13(12)9-22)21(2)15-7-18-5-6-19-15/h5-7,10,12-14H,3-4,8-9H2,1-2H3/t12-,13+,14+/m1/s1. The summed E-state index contributed by atoms with van der Waals surface area (Å²) in [6, 6.07) is 0.389. The molecule has 1 saturated heterocycles. The predicted molar refractivity (Wildman–Crippen MR) is 87.6 cm³/mol. The van der Waals surface area contributed by atoms with Crippen molar-refractivity contribution in [2.45, 2.75) is 25.8 Å². The number of oxazole rings is 1. The van der Waals surface area contributed by atoms with E-state index in [1.807, 2.05) is 4.90 Å². The summed E-state index contributed by atoms with van der Waals surface area (Å²) in [4.78, 5) is 29.4. The third kappa shape index (κ3) is 2.44. The number of rotatable bonds is 3. The largest absolute Gasteiger partial charge is 0.438 e. The van der Waals surface area contributed by atoms with Gasteiger partial charge < -0.3 is 14.2 Å². The smallest absolute Gasteiger partial charge is 0.291 e. The van der Waals surface area contributed by atoms with Crippen molar-refractivity contribution in [1.82, 2.24) is 19.9 Å². The number of anilines is 1. The van der Waals surface area contributed by atoms with E-state index in [2.05, 4.69) is 26.9 Å². The molecule has 2 fully saturated rings. The lowest BCUT2D eigenvalue weighted by Gasteiger charge is -2.30. The molecule has 4 rings (SSSR count). The first kappa shape index (κ1) is 15.1. The van der Waals surface area contributed by atoms with Gasteiger partial charge in [0.2, 0.25) is 5.76 Å². The highest BCUT2D eigenvalue weighted by Crippen LogP contribution is 2.41. The van der Waals surface area contributed by atoms with Crippen molar-refractivity contribution >= 4 is 11.7 Å². The van der Waals surface area contributed by atoms with Crippen LogP contribution in [0.1, 0.15) is 29.1 Å². The number of carbonyl (C=O) groups is 1. The van der Waals surface area contributed by atoms with Crippen molar-refractivity contribution < 1.29 is 9.21 Å². The van der Waals surface area contributed by atoms with Gasteiger partial charge in [0.1, 0.15) is 5.82 Å². The number of likely N-dealkylation sites (tertiary alicyclic amines) is 1. The summed E-state index contributed by atoms with van der Waals surface area (Å²) in [5, 5.41) is 0. The quantitative estimate of drug-likeness (QED) is 0.855. The van der Waals surface area contributed by atoms with Gasteiger partial charge in [0.05, 0.1) is 11.9 Å². The lowest BCUT2D eigenvalue weighted by atomic mass is 9.97. The van der Waals surface area contributed by atoms with Gasteiger partial charge in [-0.1, -0.05) is 0 Å². The number of aromatic nitrogens is 3. The summed E-state index contributed by atoms with van der Waals surface area (Å²) in [6.45, 7) is 3.37. The summed E-state index contributed by atoms with van der Waals surface area (Å²) >= 11 is 0. The van der Waals surface area contributed by atoms with Crippen LogP contribution in [0, 0.1) is 18.8 Å². The average molecular weight is 327 g/mol. The van der Waals surface area contributed by atoms with E-state index >= 15 is 0 Å². The fourth-order valence-corrected chi connectivity index (χ4v) is 4.18. The molecule has 2 aliphatic rings. The van der Waals surface area contributed by atoms with Crippen LogP contribution in [-0.4, -0.2) is 51.9 Å². The Balaban J connectivity index is 1.49. The molecule has 1 amide bonds. The van der Waals surface area contributed by atoms with Crippen LogP contribution in [-0.2, 0) is 0 Å². The minimum Gasteiger partial charge on any atom is -0.438 e. The van der Waals surface area contributed by atoms with E-state index in [1.54, 1.807) is 25.5 Å². The molecule has 3 atom stereocenters. The molecule has 0 unspecified atom stereocenters. The normalized spacial score (nSPS) is 25.8. The molecule has 1 saturated carbocycles. The van der Waals surface area contributed by atoms with Crippen molar-refractivity contribution in [3.63, 3.8) is 0 Å². The molecule has 0 bridgehead atoms. The molecule has 7 heteroatoms. The fraction of sp³-hybridized carbons (Fsp3) is 0.529. The Kier molecular flexibility index (Phi) is 3.70. The lowest BCUT2D eigenvalue weighted by Crippen LogP contribution is -2.39. The molecule has 2 aromatic rings. The molecule has 7 nitrogen and oxygen atoms in total. The third-order valence-corrected chi connectivity index (χ3v) is 5.45. The van der Waals surface area contributed by atoms with E-state index in [0.29, 0.717) is 29.3 Å². The molecule has 3 heterocycles. The van der Waals surface area contributed by atoms with E-state index in [0.717, 1.165) is 31.7 Å². The van der Waals surface area contributed by atoms with Gasteiger partial charge in [0.15, 0.2) is 6.39 Å². The van der Waals surface area contributed by atoms with Gasteiger partial charge in [0, 0.05) is 44.5 Å². The number of carbonyl (C=O) groups excluding carboxylic acids is 1. The molecule has 0 aromatic carbocycles. The van der Waals surface area contributed by atoms with Crippen LogP contribution in [0.4, 0.5) is 5.82 Å². The zero-order chi connectivity index (χ0) is 16.7. The van der Waals surface area contributed by atoms with Gasteiger partial charge in [-0.3, -0.25) is 9.78 Å². The Morgan fingerprint density at radius 3 is 2.88 bits per heavy atom. The van der Waals surface area contributed by atoms with Crippen LogP contribution in [0.2, 0.25) is 0 Å². The van der Waals surface area contributed by atoms with Gasteiger partial charge in [-0.15, -0.1) is 0 Å². The zero-order valence-corrected chi connectivity index (χ0v) is 13.9. The van der Waals surface area contributed by atoms with Gasteiger partial charge in [-0.2, -0.15) is 0 Å². The molecule has 0 spiro atoms. The summed E-state index contributed by atoms with van der Waals surface area (Å²) in [5.41, 5.74) is 0.658. The molecule has 2 aromatic heterocycles. The Morgan fingerprint density at radius 1 is 1.29 bits per heavy atom. The predicted octanol–water partition coefficient (Wildman–Crippen LogP) is 1.76. The van der Waals surface area contributed by atoms with Crippen molar-refractivity contribution in [2.24, 2.45) is 11.8 Å². The Morgan fingerprint density at radius 2 is 2.17 bits per heavy atom. The number of hydrogen-bond acceptors (Lipinski definition) is 6. The molecule has 24 heavy (non-hydrogen) atoms. The fourth-order valence-electron chi connectivity index (χ4n) is 4.18. The first-order valence-corrected chi connectivity index (χ1v) is 8.33. The van der Waals surface area contributed by atoms with Crippen LogP contribution < -0.4 is 4.90 Å². The maximum atomic E-state index is 12.7. The number of amides is 1. The maximum Gasteiger partial charge on any atom is 0.291 e. The van der Waals surface area contributed by atoms with Gasteiger partial charge >= 0.3 is 0 Å². The van der Waals surface area contributed by atoms with Crippen LogP contribution in [0.25, 0.3) is 0 Å². The average Bonchev–Trinajstić information content (AvgIpc) is 3.29. The molecule has 126 valence electrons. The molecular weight excluding hydrogens is 306 g/mol. The summed E-state index contributed by atoms with van der Waals surface area (Å²) < 4.78 is 5.27. The number of hydrogen-bond donors (Lipinski definition) is 0.